The monoisotopic (exact) mass is 257 g/mol. The van der Waals surface area contributed by atoms with Crippen molar-refractivity contribution in [2.45, 2.75) is 10.6 Å². The number of hydrogen-bond acceptors (Lipinski definition) is 4. The molecule has 1 unspecified atom stereocenters. The fourth-order valence-corrected chi connectivity index (χ4v) is 2.68. The van der Waals surface area contributed by atoms with Crippen LogP contribution in [-0.2, 0) is 16.6 Å². The molecule has 0 aliphatic heterocycles. The lowest BCUT2D eigenvalue weighted by molar-refractivity contribution is 0.683. The normalized spacial score (nSPS) is 11.7. The van der Waals surface area contributed by atoms with Gasteiger partial charge in [0.05, 0.1) is 45.0 Å². The topological polar surface area (TPSA) is 79.8 Å². The number of nitriles is 1. The highest BCUT2D eigenvalue weighted by molar-refractivity contribution is 7.84. The Bertz CT molecular complexity index is 617. The summed E-state index contributed by atoms with van der Waals surface area (Å²) in [6.45, 7) is 0. The minimum absolute atomic E-state index is 0.375. The molecular weight excluding hydrogens is 246 g/mol. The summed E-state index contributed by atoms with van der Waals surface area (Å²) in [5.41, 5.74) is 7.65. The second-order valence-corrected chi connectivity index (χ2v) is 5.13. The van der Waals surface area contributed by atoms with E-state index in [1.165, 1.54) is 6.20 Å². The predicted octanol–water partition coefficient (Wildman–Crippen LogP) is 1.84. The van der Waals surface area contributed by atoms with Crippen molar-refractivity contribution < 1.29 is 4.21 Å². The molecular formula is C13H11N3OS. The van der Waals surface area contributed by atoms with Gasteiger partial charge in [0.2, 0.25) is 0 Å². The van der Waals surface area contributed by atoms with Gasteiger partial charge in [-0.25, -0.2) is 0 Å². The number of pyridine rings is 1. The minimum atomic E-state index is -1.20. The lowest BCUT2D eigenvalue weighted by Crippen LogP contribution is -2.01. The van der Waals surface area contributed by atoms with E-state index in [4.69, 9.17) is 11.0 Å². The van der Waals surface area contributed by atoms with Crippen LogP contribution in [-0.4, -0.2) is 9.19 Å². The maximum atomic E-state index is 12.1. The fraction of sp³-hybridized carbons (Fsp3) is 0.0769. The minimum Gasteiger partial charge on any atom is -0.396 e. The molecule has 0 spiro atoms. The number of hydrogen-bond donors (Lipinski definition) is 1. The summed E-state index contributed by atoms with van der Waals surface area (Å²) in [6, 6.07) is 10.7. The van der Waals surface area contributed by atoms with Crippen molar-refractivity contribution in [1.82, 2.24) is 4.98 Å². The van der Waals surface area contributed by atoms with Gasteiger partial charge in [-0.15, -0.1) is 0 Å². The summed E-state index contributed by atoms with van der Waals surface area (Å²) < 4.78 is 12.1. The fourth-order valence-electron chi connectivity index (χ4n) is 1.51. The lowest BCUT2D eigenvalue weighted by Gasteiger charge is -2.05. The Labute approximate surface area is 108 Å². The number of benzene rings is 1. The highest BCUT2D eigenvalue weighted by atomic mass is 32.2. The van der Waals surface area contributed by atoms with Crippen molar-refractivity contribution in [2.24, 2.45) is 0 Å². The lowest BCUT2D eigenvalue weighted by atomic mass is 10.2. The van der Waals surface area contributed by atoms with E-state index in [1.54, 1.807) is 36.5 Å². The van der Waals surface area contributed by atoms with E-state index in [1.807, 2.05) is 6.07 Å². The van der Waals surface area contributed by atoms with Crippen LogP contribution in [0.1, 0.15) is 11.1 Å². The van der Waals surface area contributed by atoms with Crippen LogP contribution in [0.3, 0.4) is 0 Å². The zero-order valence-electron chi connectivity index (χ0n) is 9.54. The third-order valence-electron chi connectivity index (χ3n) is 2.44. The smallest absolute Gasteiger partial charge is 0.0991 e. The van der Waals surface area contributed by atoms with Crippen LogP contribution < -0.4 is 5.73 Å². The Morgan fingerprint density at radius 2 is 2.00 bits per heavy atom. The van der Waals surface area contributed by atoms with Crippen LogP contribution in [0, 0.1) is 11.3 Å². The predicted molar refractivity (Wildman–Crippen MR) is 69.9 cm³/mol. The molecule has 0 bridgehead atoms. The Morgan fingerprint density at radius 1 is 1.28 bits per heavy atom. The van der Waals surface area contributed by atoms with Crippen LogP contribution in [0.4, 0.5) is 5.69 Å². The Hall–Kier alpha value is -2.19. The first kappa shape index (κ1) is 12.3. The molecule has 2 rings (SSSR count). The van der Waals surface area contributed by atoms with Crippen molar-refractivity contribution in [3.05, 3.63) is 53.9 Å². The molecule has 18 heavy (non-hydrogen) atoms. The first-order chi connectivity index (χ1) is 8.70. The molecule has 90 valence electrons. The number of nitrogen functional groups attached to an aromatic ring is 1. The zero-order chi connectivity index (χ0) is 13.0. The molecule has 1 atom stereocenters. The van der Waals surface area contributed by atoms with Crippen molar-refractivity contribution in [1.29, 1.82) is 5.26 Å². The second kappa shape index (κ2) is 5.43. The molecule has 0 saturated heterocycles. The summed E-state index contributed by atoms with van der Waals surface area (Å²) in [6.07, 6.45) is 3.06. The molecule has 0 amide bonds. The van der Waals surface area contributed by atoms with E-state index in [0.29, 0.717) is 21.9 Å². The van der Waals surface area contributed by atoms with E-state index in [0.717, 1.165) is 5.56 Å². The maximum Gasteiger partial charge on any atom is 0.0991 e. The molecule has 2 N–H and O–H groups in total. The highest BCUT2D eigenvalue weighted by Crippen LogP contribution is 2.17. The quantitative estimate of drug-likeness (QED) is 0.909. The molecule has 1 aromatic carbocycles. The van der Waals surface area contributed by atoms with Crippen LogP contribution in [0.15, 0.2) is 47.6 Å². The van der Waals surface area contributed by atoms with Crippen LogP contribution in [0.5, 0.6) is 0 Å². The number of rotatable bonds is 3. The molecule has 2 aromatic rings. The number of nitrogens with two attached hydrogens (primary N) is 1. The Kier molecular flexibility index (Phi) is 3.70. The van der Waals surface area contributed by atoms with Crippen LogP contribution in [0.25, 0.3) is 0 Å². The summed E-state index contributed by atoms with van der Waals surface area (Å²) in [7, 11) is -1.20. The van der Waals surface area contributed by atoms with Gasteiger partial charge in [0.25, 0.3) is 0 Å². The molecule has 5 heteroatoms. The summed E-state index contributed by atoms with van der Waals surface area (Å²) in [5, 5.41) is 8.69. The van der Waals surface area contributed by atoms with Crippen LogP contribution in [0.2, 0.25) is 0 Å². The maximum absolute atomic E-state index is 12.1. The van der Waals surface area contributed by atoms with E-state index in [9.17, 15) is 4.21 Å². The average molecular weight is 257 g/mol. The number of nitrogens with zero attached hydrogens (tertiary/aromatic N) is 2. The van der Waals surface area contributed by atoms with Gasteiger partial charge in [-0.2, -0.15) is 5.26 Å². The molecule has 0 radical (unpaired) electrons. The van der Waals surface area contributed by atoms with Gasteiger partial charge in [0.15, 0.2) is 0 Å². The summed E-state index contributed by atoms with van der Waals surface area (Å²) in [5.74, 6) is 0.375. The van der Waals surface area contributed by atoms with E-state index in [2.05, 4.69) is 4.98 Å². The van der Waals surface area contributed by atoms with Crippen LogP contribution >= 0.6 is 0 Å². The molecule has 1 heterocycles. The van der Waals surface area contributed by atoms with Crippen molar-refractivity contribution >= 4 is 16.5 Å². The Balaban J connectivity index is 2.17. The van der Waals surface area contributed by atoms with Gasteiger partial charge in [-0.05, 0) is 23.8 Å². The van der Waals surface area contributed by atoms with E-state index >= 15 is 0 Å². The van der Waals surface area contributed by atoms with Gasteiger partial charge < -0.3 is 5.73 Å². The van der Waals surface area contributed by atoms with Crippen molar-refractivity contribution in [3.8, 4) is 6.07 Å². The SMILES string of the molecule is N#Cc1ccc(CS(=O)c2ccncc2N)cc1. The van der Waals surface area contributed by atoms with Gasteiger partial charge >= 0.3 is 0 Å². The molecule has 0 aliphatic carbocycles. The first-order valence-electron chi connectivity index (χ1n) is 5.27. The van der Waals surface area contributed by atoms with Gasteiger partial charge in [-0.1, -0.05) is 12.1 Å². The van der Waals surface area contributed by atoms with Crippen molar-refractivity contribution in [2.75, 3.05) is 5.73 Å². The first-order valence-corrected chi connectivity index (χ1v) is 6.59. The van der Waals surface area contributed by atoms with Gasteiger partial charge in [0, 0.05) is 6.20 Å². The van der Waals surface area contributed by atoms with E-state index < -0.39 is 10.8 Å². The third kappa shape index (κ3) is 2.73. The molecule has 4 nitrogen and oxygen atoms in total. The van der Waals surface area contributed by atoms with Gasteiger partial charge in [0.1, 0.15) is 0 Å². The molecule has 0 saturated carbocycles. The molecule has 1 aromatic heterocycles. The number of aromatic nitrogens is 1. The summed E-state index contributed by atoms with van der Waals surface area (Å²) in [4.78, 5) is 4.45. The number of anilines is 1. The molecule has 0 fully saturated rings. The summed E-state index contributed by atoms with van der Waals surface area (Å²) >= 11 is 0. The standard InChI is InChI=1S/C13H11N3OS/c14-7-10-1-3-11(4-2-10)9-18(17)13-5-6-16-8-12(13)15/h1-6,8H,9,15H2. The van der Waals surface area contributed by atoms with E-state index in [-0.39, 0.29) is 0 Å². The third-order valence-corrected chi connectivity index (χ3v) is 3.89. The average Bonchev–Trinajstić information content (AvgIpc) is 2.40. The van der Waals surface area contributed by atoms with Gasteiger partial charge in [-0.3, -0.25) is 9.19 Å². The second-order valence-electron chi connectivity index (χ2n) is 3.71. The molecule has 0 aliphatic rings. The Morgan fingerprint density at radius 3 is 2.61 bits per heavy atom. The van der Waals surface area contributed by atoms with Crippen molar-refractivity contribution in [3.63, 3.8) is 0 Å². The highest BCUT2D eigenvalue weighted by Gasteiger charge is 2.08. The largest absolute Gasteiger partial charge is 0.396 e. The zero-order valence-corrected chi connectivity index (χ0v) is 10.4.